The fourth-order valence-electron chi connectivity index (χ4n) is 1.44. The van der Waals surface area contributed by atoms with E-state index in [0.717, 1.165) is 10.5 Å². The van der Waals surface area contributed by atoms with E-state index in [9.17, 15) is 4.79 Å². The summed E-state index contributed by atoms with van der Waals surface area (Å²) in [7, 11) is 0. The smallest absolute Gasteiger partial charge is 0.328 e. The third-order valence-corrected chi connectivity index (χ3v) is 3.13. The molecule has 6 heteroatoms. The number of ether oxygens (including phenoxy) is 1. The Hall–Kier alpha value is -1.85. The first-order valence-electron chi connectivity index (χ1n) is 5.53. The van der Waals surface area contributed by atoms with Crippen molar-refractivity contribution < 1.29 is 14.6 Å². The molecule has 1 aromatic heterocycles. The molecule has 102 valence electrons. The van der Waals surface area contributed by atoms with E-state index in [1.54, 1.807) is 36.7 Å². The molecular weight excluding hydrogens is 346 g/mol. The number of carboxylic acids is 1. The third kappa shape index (κ3) is 4.08. The summed E-state index contributed by atoms with van der Waals surface area (Å²) in [6.45, 7) is 0. The van der Waals surface area contributed by atoms with Crippen LogP contribution in [0, 0.1) is 0 Å². The maximum Gasteiger partial charge on any atom is 0.328 e. The Kier molecular flexibility index (Phi) is 4.76. The van der Waals surface area contributed by atoms with Gasteiger partial charge in [0.1, 0.15) is 11.5 Å². The van der Waals surface area contributed by atoms with Gasteiger partial charge in [0.2, 0.25) is 0 Å². The van der Waals surface area contributed by atoms with Crippen LogP contribution in [0.5, 0.6) is 11.5 Å². The molecule has 0 spiro atoms. The number of carboxylic acid groups (broad SMARTS) is 1. The summed E-state index contributed by atoms with van der Waals surface area (Å²) in [5, 5.41) is 9.18. The molecule has 0 aliphatic heterocycles. The summed E-state index contributed by atoms with van der Waals surface area (Å²) in [6.07, 6.45) is 5.57. The summed E-state index contributed by atoms with van der Waals surface area (Å²) in [5.41, 5.74) is 0.634. The van der Waals surface area contributed by atoms with Crippen LogP contribution in [-0.4, -0.2) is 16.1 Å². The Morgan fingerprint density at radius 3 is 2.85 bits per heavy atom. The summed E-state index contributed by atoms with van der Waals surface area (Å²) in [4.78, 5) is 14.5. The molecule has 0 aliphatic carbocycles. The van der Waals surface area contributed by atoms with Gasteiger partial charge in [-0.2, -0.15) is 0 Å². The number of pyridine rings is 1. The van der Waals surface area contributed by atoms with Crippen molar-refractivity contribution in [2.75, 3.05) is 0 Å². The molecule has 1 heterocycles. The van der Waals surface area contributed by atoms with Gasteiger partial charge < -0.3 is 9.84 Å². The Labute approximate surface area is 128 Å². The van der Waals surface area contributed by atoms with Crippen molar-refractivity contribution in [1.29, 1.82) is 0 Å². The van der Waals surface area contributed by atoms with Gasteiger partial charge in [-0.05, 0) is 51.8 Å². The maximum atomic E-state index is 10.5. The highest BCUT2D eigenvalue weighted by Crippen LogP contribution is 2.31. The molecule has 1 aromatic carbocycles. The number of aliphatic carboxylic acids is 1. The number of carbonyl (C=O) groups is 1. The molecule has 0 atom stereocenters. The van der Waals surface area contributed by atoms with Crippen molar-refractivity contribution in [2.45, 2.75) is 0 Å². The molecule has 0 radical (unpaired) electrons. The van der Waals surface area contributed by atoms with Crippen molar-refractivity contribution in [3.63, 3.8) is 0 Å². The van der Waals surface area contributed by atoms with Gasteiger partial charge in [-0.3, -0.25) is 4.98 Å². The number of aromatic nitrogens is 1. The van der Waals surface area contributed by atoms with E-state index in [0.29, 0.717) is 22.1 Å². The standard InChI is InChI=1S/C14H9BrClNO3/c15-12-6-10(16)2-3-13(12)20-11-5-9(7-17-8-11)1-4-14(18)19/h1-8H,(H,18,19)/b4-1+. The summed E-state index contributed by atoms with van der Waals surface area (Å²) >= 11 is 9.20. The lowest BCUT2D eigenvalue weighted by Gasteiger charge is -2.08. The fourth-order valence-corrected chi connectivity index (χ4v) is 2.20. The topological polar surface area (TPSA) is 59.4 Å². The van der Waals surface area contributed by atoms with Crippen LogP contribution in [-0.2, 0) is 4.79 Å². The zero-order valence-corrected chi connectivity index (χ0v) is 12.4. The van der Waals surface area contributed by atoms with Gasteiger partial charge >= 0.3 is 5.97 Å². The Bertz CT molecular complexity index is 673. The van der Waals surface area contributed by atoms with Crippen LogP contribution in [0.25, 0.3) is 6.08 Å². The minimum Gasteiger partial charge on any atom is -0.478 e. The van der Waals surface area contributed by atoms with E-state index in [1.807, 2.05) is 0 Å². The van der Waals surface area contributed by atoms with Gasteiger partial charge in [0, 0.05) is 17.3 Å². The largest absolute Gasteiger partial charge is 0.478 e. The molecule has 2 aromatic rings. The van der Waals surface area contributed by atoms with E-state index < -0.39 is 5.97 Å². The average molecular weight is 355 g/mol. The maximum absolute atomic E-state index is 10.5. The summed E-state index contributed by atoms with van der Waals surface area (Å²) < 4.78 is 6.38. The first kappa shape index (κ1) is 14.6. The predicted molar refractivity (Wildman–Crippen MR) is 80.1 cm³/mol. The van der Waals surface area contributed by atoms with Crippen LogP contribution in [0.2, 0.25) is 5.02 Å². The molecule has 0 bridgehead atoms. The second-order valence-electron chi connectivity index (χ2n) is 3.80. The van der Waals surface area contributed by atoms with Crippen molar-refractivity contribution in [3.05, 3.63) is 57.8 Å². The van der Waals surface area contributed by atoms with Gasteiger partial charge in [-0.25, -0.2) is 4.79 Å². The predicted octanol–water partition coefficient (Wildman–Crippen LogP) is 4.39. The monoisotopic (exact) mass is 353 g/mol. The lowest BCUT2D eigenvalue weighted by molar-refractivity contribution is -0.131. The molecule has 0 saturated carbocycles. The van der Waals surface area contributed by atoms with Crippen molar-refractivity contribution in [1.82, 2.24) is 4.98 Å². The zero-order chi connectivity index (χ0) is 14.5. The van der Waals surface area contributed by atoms with Crippen LogP contribution in [0.1, 0.15) is 5.56 Å². The third-order valence-electron chi connectivity index (χ3n) is 2.27. The van der Waals surface area contributed by atoms with Crippen LogP contribution in [0.4, 0.5) is 0 Å². The second-order valence-corrected chi connectivity index (χ2v) is 5.09. The van der Waals surface area contributed by atoms with Crippen LogP contribution in [0.3, 0.4) is 0 Å². The minimum atomic E-state index is -1.02. The Balaban J connectivity index is 2.21. The minimum absolute atomic E-state index is 0.501. The SMILES string of the molecule is O=C(O)/C=C/c1cncc(Oc2ccc(Cl)cc2Br)c1. The van der Waals surface area contributed by atoms with E-state index in [-0.39, 0.29) is 0 Å². The van der Waals surface area contributed by atoms with Gasteiger partial charge in [0.05, 0.1) is 10.7 Å². The van der Waals surface area contributed by atoms with Crippen LogP contribution >= 0.6 is 27.5 Å². The molecule has 20 heavy (non-hydrogen) atoms. The Morgan fingerprint density at radius 2 is 2.15 bits per heavy atom. The quantitative estimate of drug-likeness (QED) is 0.827. The molecule has 0 unspecified atom stereocenters. The number of benzene rings is 1. The molecule has 0 fully saturated rings. The van der Waals surface area contributed by atoms with Crippen LogP contribution < -0.4 is 4.74 Å². The number of hydrogen-bond acceptors (Lipinski definition) is 3. The summed E-state index contributed by atoms with van der Waals surface area (Å²) in [5.74, 6) is 0.0768. The summed E-state index contributed by atoms with van der Waals surface area (Å²) in [6, 6.07) is 6.85. The highest BCUT2D eigenvalue weighted by Gasteiger charge is 2.04. The molecule has 0 amide bonds. The molecule has 2 rings (SSSR count). The van der Waals surface area contributed by atoms with E-state index in [2.05, 4.69) is 20.9 Å². The Morgan fingerprint density at radius 1 is 1.35 bits per heavy atom. The normalized spacial score (nSPS) is 10.7. The molecule has 1 N–H and O–H groups in total. The molecule has 4 nitrogen and oxygen atoms in total. The van der Waals surface area contributed by atoms with E-state index >= 15 is 0 Å². The number of rotatable bonds is 4. The zero-order valence-electron chi connectivity index (χ0n) is 10.1. The van der Waals surface area contributed by atoms with Gasteiger partial charge in [0.15, 0.2) is 0 Å². The fraction of sp³-hybridized carbons (Fsp3) is 0. The first-order valence-corrected chi connectivity index (χ1v) is 6.70. The van der Waals surface area contributed by atoms with Gasteiger partial charge in [-0.15, -0.1) is 0 Å². The first-order chi connectivity index (χ1) is 9.54. The lowest BCUT2D eigenvalue weighted by atomic mass is 10.2. The second kappa shape index (κ2) is 6.54. The highest BCUT2D eigenvalue weighted by atomic mass is 79.9. The number of hydrogen-bond donors (Lipinski definition) is 1. The van der Waals surface area contributed by atoms with E-state index in [4.69, 9.17) is 21.4 Å². The molecule has 0 saturated heterocycles. The lowest BCUT2D eigenvalue weighted by Crippen LogP contribution is -1.89. The average Bonchev–Trinajstić information content (AvgIpc) is 2.40. The van der Waals surface area contributed by atoms with Gasteiger partial charge in [-0.1, -0.05) is 11.6 Å². The number of nitrogens with zero attached hydrogens (tertiary/aromatic N) is 1. The van der Waals surface area contributed by atoms with Crippen molar-refractivity contribution in [2.24, 2.45) is 0 Å². The highest BCUT2D eigenvalue weighted by molar-refractivity contribution is 9.10. The van der Waals surface area contributed by atoms with Gasteiger partial charge in [0.25, 0.3) is 0 Å². The van der Waals surface area contributed by atoms with Crippen LogP contribution in [0.15, 0.2) is 47.2 Å². The van der Waals surface area contributed by atoms with Crippen molar-refractivity contribution in [3.8, 4) is 11.5 Å². The van der Waals surface area contributed by atoms with Crippen molar-refractivity contribution >= 4 is 39.6 Å². The molecular formula is C14H9BrClNO3. The molecule has 0 aliphatic rings. The number of halogens is 2. The van der Waals surface area contributed by atoms with E-state index in [1.165, 1.54) is 6.08 Å².